The molecule has 84 valence electrons. The SMILES string of the molecule is N#CC1=C(N)NC(=S)N(C#N)C1c1ccco1. The summed E-state index contributed by atoms with van der Waals surface area (Å²) in [6.07, 6.45) is 3.37. The highest BCUT2D eigenvalue weighted by atomic mass is 32.1. The highest BCUT2D eigenvalue weighted by Crippen LogP contribution is 2.31. The third-order valence-electron chi connectivity index (χ3n) is 2.32. The summed E-state index contributed by atoms with van der Waals surface area (Å²) in [5, 5.41) is 20.9. The molecule has 0 saturated heterocycles. The molecule has 0 spiro atoms. The number of furan rings is 1. The third-order valence-corrected chi connectivity index (χ3v) is 2.62. The predicted molar refractivity (Wildman–Crippen MR) is 61.5 cm³/mol. The van der Waals surface area contributed by atoms with Gasteiger partial charge in [-0.15, -0.1) is 0 Å². The lowest BCUT2D eigenvalue weighted by Gasteiger charge is -2.30. The average molecular weight is 245 g/mol. The van der Waals surface area contributed by atoms with Gasteiger partial charge in [0, 0.05) is 0 Å². The summed E-state index contributed by atoms with van der Waals surface area (Å²) in [6.45, 7) is 0. The second-order valence-electron chi connectivity index (χ2n) is 3.26. The molecular weight excluding hydrogens is 238 g/mol. The van der Waals surface area contributed by atoms with Crippen LogP contribution in [0.4, 0.5) is 0 Å². The Labute approximate surface area is 103 Å². The first kappa shape index (κ1) is 11.0. The molecule has 0 amide bonds. The minimum atomic E-state index is -0.700. The Hall–Kier alpha value is -2.51. The Bertz CT molecular complexity index is 563. The standard InChI is InChI=1S/C10H7N5OS/c11-4-6-8(7-2-1-3-16-7)15(5-12)10(17)14-9(6)13/h1-3,8H,13H2,(H,14,17). The second-order valence-corrected chi connectivity index (χ2v) is 3.64. The number of nitrogens with one attached hydrogen (secondary N) is 1. The van der Waals surface area contributed by atoms with E-state index in [0.29, 0.717) is 5.76 Å². The molecule has 17 heavy (non-hydrogen) atoms. The summed E-state index contributed by atoms with van der Waals surface area (Å²) in [4.78, 5) is 1.17. The monoisotopic (exact) mass is 245 g/mol. The van der Waals surface area contributed by atoms with Crippen LogP contribution in [0.25, 0.3) is 0 Å². The van der Waals surface area contributed by atoms with Gasteiger partial charge in [0.05, 0.1) is 6.26 Å². The van der Waals surface area contributed by atoms with Crippen LogP contribution in [0.15, 0.2) is 34.2 Å². The molecule has 1 aliphatic heterocycles. The predicted octanol–water partition coefficient (Wildman–Crippen LogP) is 0.686. The van der Waals surface area contributed by atoms with E-state index in [1.807, 2.05) is 12.3 Å². The first-order valence-corrected chi connectivity index (χ1v) is 5.03. The van der Waals surface area contributed by atoms with Crippen molar-refractivity contribution >= 4 is 17.3 Å². The molecule has 0 fully saturated rings. The van der Waals surface area contributed by atoms with Crippen molar-refractivity contribution in [1.82, 2.24) is 10.2 Å². The molecule has 0 bridgehead atoms. The lowest BCUT2D eigenvalue weighted by Crippen LogP contribution is -2.46. The van der Waals surface area contributed by atoms with E-state index in [2.05, 4.69) is 5.32 Å². The molecule has 7 heteroatoms. The molecule has 0 radical (unpaired) electrons. The molecule has 1 unspecified atom stereocenters. The Balaban J connectivity index is 2.57. The van der Waals surface area contributed by atoms with E-state index < -0.39 is 6.04 Å². The summed E-state index contributed by atoms with van der Waals surface area (Å²) in [5.74, 6) is 0.584. The van der Waals surface area contributed by atoms with E-state index in [1.165, 1.54) is 11.2 Å². The van der Waals surface area contributed by atoms with Gasteiger partial charge in [-0.3, -0.25) is 0 Å². The van der Waals surface area contributed by atoms with Gasteiger partial charge in [-0.25, -0.2) is 4.90 Å². The van der Waals surface area contributed by atoms with Crippen molar-refractivity contribution in [2.75, 3.05) is 0 Å². The van der Waals surface area contributed by atoms with Crippen LogP contribution in [-0.4, -0.2) is 10.0 Å². The zero-order valence-corrected chi connectivity index (χ0v) is 9.36. The minimum Gasteiger partial charge on any atom is -0.467 e. The maximum Gasteiger partial charge on any atom is 0.188 e. The first-order chi connectivity index (χ1) is 8.19. The molecular formula is C10H7N5OS. The van der Waals surface area contributed by atoms with Crippen molar-refractivity contribution in [3.63, 3.8) is 0 Å². The molecule has 6 nitrogen and oxygen atoms in total. The minimum absolute atomic E-state index is 0.144. The normalized spacial score (nSPS) is 19.5. The Morgan fingerprint density at radius 1 is 1.53 bits per heavy atom. The topological polar surface area (TPSA) is 102 Å². The number of hydrogen-bond donors (Lipinski definition) is 2. The summed E-state index contributed by atoms with van der Waals surface area (Å²) in [5.41, 5.74) is 5.88. The average Bonchev–Trinajstić information content (AvgIpc) is 2.81. The van der Waals surface area contributed by atoms with Gasteiger partial charge in [-0.1, -0.05) is 0 Å². The summed E-state index contributed by atoms with van der Waals surface area (Å²) in [7, 11) is 0. The van der Waals surface area contributed by atoms with Gasteiger partial charge >= 0.3 is 0 Å². The highest BCUT2D eigenvalue weighted by Gasteiger charge is 2.35. The zero-order chi connectivity index (χ0) is 12.4. The molecule has 1 atom stereocenters. The van der Waals surface area contributed by atoms with E-state index in [4.69, 9.17) is 32.9 Å². The fraction of sp³-hybridized carbons (Fsp3) is 0.100. The number of thiocarbonyl (C=S) groups is 1. The fourth-order valence-electron chi connectivity index (χ4n) is 1.58. The molecule has 1 aromatic heterocycles. The van der Waals surface area contributed by atoms with Crippen LogP contribution in [0, 0.1) is 22.8 Å². The van der Waals surface area contributed by atoms with Gasteiger partial charge in [0.2, 0.25) is 0 Å². The van der Waals surface area contributed by atoms with Crippen molar-refractivity contribution in [2.45, 2.75) is 6.04 Å². The van der Waals surface area contributed by atoms with Crippen LogP contribution >= 0.6 is 12.2 Å². The molecule has 1 aromatic rings. The van der Waals surface area contributed by atoms with Gasteiger partial charge in [-0.2, -0.15) is 10.5 Å². The van der Waals surface area contributed by atoms with Crippen LogP contribution in [0.3, 0.4) is 0 Å². The van der Waals surface area contributed by atoms with Gasteiger partial charge in [0.25, 0.3) is 0 Å². The molecule has 0 aliphatic carbocycles. The highest BCUT2D eigenvalue weighted by molar-refractivity contribution is 7.80. The Morgan fingerprint density at radius 2 is 2.29 bits per heavy atom. The van der Waals surface area contributed by atoms with E-state index >= 15 is 0 Å². The maximum atomic E-state index is 9.08. The van der Waals surface area contributed by atoms with Crippen molar-refractivity contribution in [3.8, 4) is 12.3 Å². The number of hydrogen-bond acceptors (Lipinski definition) is 5. The summed E-state index contributed by atoms with van der Waals surface area (Å²) < 4.78 is 5.21. The van der Waals surface area contributed by atoms with Gasteiger partial charge < -0.3 is 15.5 Å². The Kier molecular flexibility index (Phi) is 2.69. The first-order valence-electron chi connectivity index (χ1n) is 4.62. The molecule has 2 heterocycles. The van der Waals surface area contributed by atoms with Crippen molar-refractivity contribution in [1.29, 1.82) is 10.5 Å². The van der Waals surface area contributed by atoms with E-state index in [9.17, 15) is 0 Å². The smallest absolute Gasteiger partial charge is 0.188 e. The van der Waals surface area contributed by atoms with Crippen LogP contribution in [0.5, 0.6) is 0 Å². The van der Waals surface area contributed by atoms with Gasteiger partial charge in [0.15, 0.2) is 11.3 Å². The quantitative estimate of drug-likeness (QED) is 0.554. The maximum absolute atomic E-state index is 9.08. The molecule has 1 aliphatic rings. The van der Waals surface area contributed by atoms with E-state index in [0.717, 1.165) is 0 Å². The van der Waals surface area contributed by atoms with Crippen molar-refractivity contribution in [2.24, 2.45) is 5.73 Å². The lowest BCUT2D eigenvalue weighted by molar-refractivity contribution is 0.376. The van der Waals surface area contributed by atoms with E-state index in [-0.39, 0.29) is 16.5 Å². The van der Waals surface area contributed by atoms with Crippen LogP contribution in [0.1, 0.15) is 11.8 Å². The van der Waals surface area contributed by atoms with Crippen LogP contribution in [0.2, 0.25) is 0 Å². The summed E-state index contributed by atoms with van der Waals surface area (Å²) >= 11 is 4.98. The van der Waals surface area contributed by atoms with E-state index in [1.54, 1.807) is 12.1 Å². The van der Waals surface area contributed by atoms with Gasteiger partial charge in [-0.05, 0) is 24.4 Å². The summed E-state index contributed by atoms with van der Waals surface area (Å²) in [6, 6.07) is 4.58. The van der Waals surface area contributed by atoms with Gasteiger partial charge in [0.1, 0.15) is 29.3 Å². The Morgan fingerprint density at radius 3 is 2.82 bits per heavy atom. The van der Waals surface area contributed by atoms with Crippen molar-refractivity contribution in [3.05, 3.63) is 35.6 Å². The number of rotatable bonds is 1. The lowest BCUT2D eigenvalue weighted by atomic mass is 10.0. The number of nitrogens with two attached hydrogens (primary N) is 1. The second kappa shape index (κ2) is 4.16. The zero-order valence-electron chi connectivity index (χ0n) is 8.54. The largest absolute Gasteiger partial charge is 0.467 e. The molecule has 0 aromatic carbocycles. The third kappa shape index (κ3) is 1.69. The number of nitriles is 2. The van der Waals surface area contributed by atoms with Crippen LogP contribution < -0.4 is 11.1 Å². The molecule has 0 saturated carbocycles. The van der Waals surface area contributed by atoms with Crippen molar-refractivity contribution < 1.29 is 4.42 Å². The fourth-order valence-corrected chi connectivity index (χ4v) is 1.83. The molecule has 3 N–H and O–H groups in total. The number of nitrogens with zero attached hydrogens (tertiary/aromatic N) is 3. The molecule has 2 rings (SSSR count). The van der Waals surface area contributed by atoms with Crippen LogP contribution in [-0.2, 0) is 0 Å².